The molecule has 0 radical (unpaired) electrons. The lowest BCUT2D eigenvalue weighted by molar-refractivity contribution is 0.0532. The quantitative estimate of drug-likeness (QED) is 0.376. The molecule has 0 atom stereocenters. The molecule has 3 heterocycles. The highest BCUT2D eigenvalue weighted by atomic mass is 32.1. The maximum atomic E-state index is 13.5. The number of carbonyl (C=O) groups is 3. The molecule has 0 spiro atoms. The zero-order valence-corrected chi connectivity index (χ0v) is 19.6. The first kappa shape index (κ1) is 22.3. The van der Waals surface area contributed by atoms with E-state index in [1.54, 1.807) is 31.2 Å². The fourth-order valence-electron chi connectivity index (χ4n) is 4.16. The number of rotatable bonds is 5. The number of amides is 2. The Kier molecular flexibility index (Phi) is 5.90. The minimum atomic E-state index is -0.401. The van der Waals surface area contributed by atoms with Gasteiger partial charge in [-0.25, -0.2) is 14.6 Å². The summed E-state index contributed by atoms with van der Waals surface area (Å²) in [5.74, 6) is -0.627. The Labute approximate surface area is 199 Å². The predicted octanol–water partition coefficient (Wildman–Crippen LogP) is 2.81. The van der Waals surface area contributed by atoms with Gasteiger partial charge in [-0.05, 0) is 32.2 Å². The van der Waals surface area contributed by atoms with Crippen LogP contribution < -0.4 is 10.7 Å². The number of fused-ring (bicyclic) bond motifs is 3. The van der Waals surface area contributed by atoms with Crippen molar-refractivity contribution in [2.45, 2.75) is 6.92 Å². The Balaban J connectivity index is 1.38. The standard InChI is InChI=1S/C23H24N6O4S/c1-3-33-22(31)16-8-7-15(34-16)20-18-19(25-26-20)13-5-4-6-14(17(13)21(18)30)24-23(32)27-29-11-9-28(2)10-12-29/h4-8H,3,9-12H2,1-2H3,(H,25,26)(H2,24,27,32). The van der Waals surface area contributed by atoms with Crippen LogP contribution in [-0.4, -0.2) is 77.7 Å². The van der Waals surface area contributed by atoms with E-state index in [1.807, 2.05) is 18.1 Å². The summed E-state index contributed by atoms with van der Waals surface area (Å²) >= 11 is 1.23. The molecule has 2 aliphatic rings. The van der Waals surface area contributed by atoms with Crippen LogP contribution in [0.2, 0.25) is 0 Å². The minimum absolute atomic E-state index is 0.227. The van der Waals surface area contributed by atoms with Gasteiger partial charge in [0.1, 0.15) is 10.6 Å². The molecule has 2 amide bonds. The number of H-pyrrole nitrogens is 1. The summed E-state index contributed by atoms with van der Waals surface area (Å²) in [6, 6.07) is 8.35. The molecule has 2 aromatic heterocycles. The molecule has 34 heavy (non-hydrogen) atoms. The molecule has 1 aromatic carbocycles. The third-order valence-electron chi connectivity index (χ3n) is 5.88. The molecule has 176 valence electrons. The first-order valence-corrected chi connectivity index (χ1v) is 11.8. The van der Waals surface area contributed by atoms with Gasteiger partial charge in [0.25, 0.3) is 0 Å². The number of hydrogen-bond donors (Lipinski definition) is 3. The number of nitrogens with one attached hydrogen (secondary N) is 3. The van der Waals surface area contributed by atoms with E-state index in [9.17, 15) is 14.4 Å². The van der Waals surface area contributed by atoms with E-state index in [-0.39, 0.29) is 12.4 Å². The number of urea groups is 1. The molecule has 10 nitrogen and oxygen atoms in total. The maximum Gasteiger partial charge on any atom is 0.348 e. The third kappa shape index (κ3) is 3.98. The van der Waals surface area contributed by atoms with E-state index in [0.717, 1.165) is 26.2 Å². The molecule has 3 N–H and O–H groups in total. The summed E-state index contributed by atoms with van der Waals surface area (Å²) < 4.78 is 5.06. The first-order chi connectivity index (χ1) is 16.5. The third-order valence-corrected chi connectivity index (χ3v) is 6.96. The SMILES string of the molecule is CCOC(=O)c1ccc(-c2[nH]nc3c2C(=O)c2c(NC(=O)NN4CCN(C)CC4)cccc2-3)s1. The molecular weight excluding hydrogens is 456 g/mol. The second kappa shape index (κ2) is 9.01. The molecule has 11 heteroatoms. The second-order valence-electron chi connectivity index (χ2n) is 8.12. The number of benzene rings is 1. The van der Waals surface area contributed by atoms with Gasteiger partial charge in [-0.3, -0.25) is 15.3 Å². The number of ketones is 1. The molecule has 1 fully saturated rings. The molecule has 0 bridgehead atoms. The van der Waals surface area contributed by atoms with Gasteiger partial charge in [0.2, 0.25) is 0 Å². The molecule has 0 saturated carbocycles. The van der Waals surface area contributed by atoms with E-state index >= 15 is 0 Å². The largest absolute Gasteiger partial charge is 0.462 e. The lowest BCUT2D eigenvalue weighted by atomic mass is 10.1. The fourth-order valence-corrected chi connectivity index (χ4v) is 5.06. The van der Waals surface area contributed by atoms with Gasteiger partial charge in [-0.1, -0.05) is 12.1 Å². The number of carbonyl (C=O) groups excluding carboxylic acids is 3. The minimum Gasteiger partial charge on any atom is -0.462 e. The topological polar surface area (TPSA) is 120 Å². The van der Waals surface area contributed by atoms with Crippen LogP contribution in [0.15, 0.2) is 30.3 Å². The number of piperazine rings is 1. The Morgan fingerprint density at radius 2 is 1.94 bits per heavy atom. The van der Waals surface area contributed by atoms with Gasteiger partial charge in [0.05, 0.1) is 34.0 Å². The molecule has 3 aromatic rings. The number of hydrazine groups is 1. The monoisotopic (exact) mass is 480 g/mol. The number of esters is 1. The van der Waals surface area contributed by atoms with Crippen LogP contribution >= 0.6 is 11.3 Å². The Morgan fingerprint density at radius 1 is 1.15 bits per heavy atom. The zero-order valence-electron chi connectivity index (χ0n) is 18.8. The first-order valence-electron chi connectivity index (χ1n) is 11.0. The van der Waals surface area contributed by atoms with Crippen LogP contribution in [0, 0.1) is 0 Å². The van der Waals surface area contributed by atoms with Crippen molar-refractivity contribution < 1.29 is 19.1 Å². The van der Waals surface area contributed by atoms with Gasteiger partial charge in [-0.2, -0.15) is 5.10 Å². The lowest BCUT2D eigenvalue weighted by Crippen LogP contribution is -2.53. The molecule has 1 aliphatic heterocycles. The predicted molar refractivity (Wildman–Crippen MR) is 128 cm³/mol. The highest BCUT2D eigenvalue weighted by molar-refractivity contribution is 7.17. The van der Waals surface area contributed by atoms with Crippen molar-refractivity contribution in [3.8, 4) is 21.8 Å². The Morgan fingerprint density at radius 3 is 2.71 bits per heavy atom. The smallest absolute Gasteiger partial charge is 0.348 e. The van der Waals surface area contributed by atoms with E-state index in [1.165, 1.54) is 11.3 Å². The average molecular weight is 481 g/mol. The number of ether oxygens (including phenoxy) is 1. The van der Waals surface area contributed by atoms with Crippen molar-refractivity contribution in [1.29, 1.82) is 0 Å². The second-order valence-corrected chi connectivity index (χ2v) is 9.20. The van der Waals surface area contributed by atoms with Gasteiger partial charge >= 0.3 is 12.0 Å². The number of anilines is 1. The molecular formula is C23H24N6O4S. The van der Waals surface area contributed by atoms with Crippen molar-refractivity contribution in [3.05, 3.63) is 46.3 Å². The molecule has 1 aliphatic carbocycles. The molecule has 0 unspecified atom stereocenters. The normalized spacial score (nSPS) is 15.6. The number of hydrogen-bond acceptors (Lipinski definition) is 8. The van der Waals surface area contributed by atoms with E-state index < -0.39 is 12.0 Å². The lowest BCUT2D eigenvalue weighted by Gasteiger charge is -2.32. The number of likely N-dealkylation sites (N-methyl/N-ethyl adjacent to an activating group) is 1. The summed E-state index contributed by atoms with van der Waals surface area (Å²) in [6.07, 6.45) is 0. The number of thiophene rings is 1. The van der Waals surface area contributed by atoms with Crippen LogP contribution in [0.25, 0.3) is 21.8 Å². The van der Waals surface area contributed by atoms with Crippen molar-refractivity contribution in [2.24, 2.45) is 0 Å². The zero-order chi connectivity index (χ0) is 23.8. The van der Waals surface area contributed by atoms with Crippen LogP contribution in [0.5, 0.6) is 0 Å². The van der Waals surface area contributed by atoms with Gasteiger partial charge in [-0.15, -0.1) is 11.3 Å². The maximum absolute atomic E-state index is 13.5. The van der Waals surface area contributed by atoms with E-state index in [0.29, 0.717) is 43.5 Å². The van der Waals surface area contributed by atoms with Crippen molar-refractivity contribution in [3.63, 3.8) is 0 Å². The highest BCUT2D eigenvalue weighted by Crippen LogP contribution is 2.44. The van der Waals surface area contributed by atoms with Crippen LogP contribution in [0.3, 0.4) is 0 Å². The van der Waals surface area contributed by atoms with E-state index in [4.69, 9.17) is 4.74 Å². The summed E-state index contributed by atoms with van der Waals surface area (Å²) in [5, 5.41) is 12.0. The number of aromatic nitrogens is 2. The average Bonchev–Trinajstić information content (AvgIpc) is 3.53. The van der Waals surface area contributed by atoms with Gasteiger partial charge < -0.3 is 15.0 Å². The Bertz CT molecular complexity index is 1270. The van der Waals surface area contributed by atoms with Crippen LogP contribution in [-0.2, 0) is 4.74 Å². The number of aromatic amines is 1. The number of nitrogens with zero attached hydrogens (tertiary/aromatic N) is 3. The Hall–Kier alpha value is -3.54. The van der Waals surface area contributed by atoms with E-state index in [2.05, 4.69) is 25.8 Å². The van der Waals surface area contributed by atoms with Gasteiger partial charge in [0, 0.05) is 31.7 Å². The van der Waals surface area contributed by atoms with Crippen LogP contribution in [0.4, 0.5) is 10.5 Å². The summed E-state index contributed by atoms with van der Waals surface area (Å²) in [4.78, 5) is 41.5. The summed E-state index contributed by atoms with van der Waals surface area (Å²) in [5.41, 5.74) is 5.85. The van der Waals surface area contributed by atoms with Crippen molar-refractivity contribution >= 4 is 34.8 Å². The summed E-state index contributed by atoms with van der Waals surface area (Å²) in [6.45, 7) is 5.22. The molecule has 5 rings (SSSR count). The fraction of sp³-hybridized carbons (Fsp3) is 0.304. The van der Waals surface area contributed by atoms with Gasteiger partial charge in [0.15, 0.2) is 5.78 Å². The molecule has 1 saturated heterocycles. The van der Waals surface area contributed by atoms with Crippen LogP contribution in [0.1, 0.15) is 32.5 Å². The van der Waals surface area contributed by atoms with Crippen molar-refractivity contribution in [1.82, 2.24) is 25.5 Å². The highest BCUT2D eigenvalue weighted by Gasteiger charge is 2.35. The summed E-state index contributed by atoms with van der Waals surface area (Å²) in [7, 11) is 2.04. The van der Waals surface area contributed by atoms with Crippen molar-refractivity contribution in [2.75, 3.05) is 45.2 Å².